The molecule has 1 aromatic rings. The molecule has 0 bridgehead atoms. The molecule has 2 rings (SSSR count). The van der Waals surface area contributed by atoms with Crippen LogP contribution in [0.1, 0.15) is 230 Å². The zero-order valence-electron chi connectivity index (χ0n) is 32.6. The normalized spacial score (nSPS) is 14.1. The summed E-state index contributed by atoms with van der Waals surface area (Å²) < 4.78 is 0. The average molecular weight is 666 g/mol. The number of rotatable bonds is 34. The molecule has 0 heterocycles. The van der Waals surface area contributed by atoms with Crippen molar-refractivity contribution < 1.29 is 0 Å². The Balaban J connectivity index is 1.65. The van der Waals surface area contributed by atoms with Gasteiger partial charge in [0.15, 0.2) is 0 Å². The molecule has 1 aliphatic carbocycles. The molecule has 2 N–H and O–H groups in total. The first-order valence-electron chi connectivity index (χ1n) is 21.9. The van der Waals surface area contributed by atoms with Crippen LogP contribution in [-0.4, -0.2) is 29.9 Å². The van der Waals surface area contributed by atoms with Gasteiger partial charge in [0.25, 0.3) is 0 Å². The molecular weight excluding hydrogens is 583 g/mol. The molecule has 0 aromatic heterocycles. The van der Waals surface area contributed by atoms with E-state index < -0.39 is 0 Å². The first-order valence-corrected chi connectivity index (χ1v) is 21.9. The molecular formula is C45H83N3. The van der Waals surface area contributed by atoms with E-state index in [1.807, 2.05) is 0 Å². The van der Waals surface area contributed by atoms with Gasteiger partial charge in [0.1, 0.15) is 5.84 Å². The van der Waals surface area contributed by atoms with E-state index in [0.717, 1.165) is 17.9 Å². The van der Waals surface area contributed by atoms with E-state index in [1.165, 1.54) is 224 Å². The molecule has 1 aromatic carbocycles. The van der Waals surface area contributed by atoms with Crippen LogP contribution in [0, 0.1) is 0 Å². The van der Waals surface area contributed by atoms with E-state index >= 15 is 0 Å². The van der Waals surface area contributed by atoms with Crippen LogP contribution in [0.5, 0.6) is 0 Å². The summed E-state index contributed by atoms with van der Waals surface area (Å²) >= 11 is 0. The first-order chi connectivity index (χ1) is 23.7. The van der Waals surface area contributed by atoms with Crippen molar-refractivity contribution >= 4 is 5.84 Å². The van der Waals surface area contributed by atoms with Gasteiger partial charge in [0.05, 0.1) is 6.04 Å². The van der Waals surface area contributed by atoms with Crippen LogP contribution < -0.4 is 5.73 Å². The molecule has 0 radical (unpaired) electrons. The Kier molecular flexibility index (Phi) is 28.2. The summed E-state index contributed by atoms with van der Waals surface area (Å²) in [6.45, 7) is 8.12. The summed E-state index contributed by atoms with van der Waals surface area (Å²) in [6.07, 6.45) is 44.9. The lowest BCUT2D eigenvalue weighted by Gasteiger charge is -2.23. The fourth-order valence-electron chi connectivity index (χ4n) is 7.72. The highest BCUT2D eigenvalue weighted by atomic mass is 15.1. The molecule has 278 valence electrons. The van der Waals surface area contributed by atoms with Gasteiger partial charge in [-0.3, -0.25) is 9.89 Å². The average Bonchev–Trinajstić information content (AvgIpc) is 3.61. The smallest absolute Gasteiger partial charge is 0.125 e. The molecule has 0 aliphatic heterocycles. The molecule has 3 nitrogen and oxygen atoms in total. The zero-order chi connectivity index (χ0) is 34.2. The van der Waals surface area contributed by atoms with Gasteiger partial charge in [-0.05, 0) is 50.4 Å². The maximum atomic E-state index is 6.50. The minimum Gasteiger partial charge on any atom is -0.383 e. The minimum atomic E-state index is 0.436. The van der Waals surface area contributed by atoms with Crippen LogP contribution >= 0.6 is 0 Å². The van der Waals surface area contributed by atoms with Crippen LogP contribution in [0.2, 0.25) is 0 Å². The fraction of sp³-hybridized carbons (Fsp3) is 0.844. The SMILES string of the molecule is CCCCCCCCCCCCCCCCN(CCCCCCCCCCCCCCCC)Cc1cccc(C(N)=NC2CCCC2)c1. The largest absolute Gasteiger partial charge is 0.383 e. The first kappa shape index (κ1) is 42.8. The quantitative estimate of drug-likeness (QED) is 0.0452. The van der Waals surface area contributed by atoms with Crippen molar-refractivity contribution in [2.24, 2.45) is 10.7 Å². The predicted octanol–water partition coefficient (Wildman–Crippen LogP) is 14.1. The van der Waals surface area contributed by atoms with Crippen molar-refractivity contribution in [1.29, 1.82) is 0 Å². The lowest BCUT2D eigenvalue weighted by atomic mass is 10.0. The molecule has 0 atom stereocenters. The van der Waals surface area contributed by atoms with Crippen LogP contribution in [0.25, 0.3) is 0 Å². The predicted molar refractivity (Wildman–Crippen MR) is 215 cm³/mol. The number of hydrogen-bond acceptors (Lipinski definition) is 2. The number of nitrogens with zero attached hydrogens (tertiary/aromatic N) is 2. The van der Waals surface area contributed by atoms with Crippen molar-refractivity contribution in [3.8, 4) is 0 Å². The Morgan fingerprint density at radius 2 is 0.938 bits per heavy atom. The summed E-state index contributed by atoms with van der Waals surface area (Å²) in [5.41, 5.74) is 9.01. The van der Waals surface area contributed by atoms with E-state index in [4.69, 9.17) is 10.7 Å². The lowest BCUT2D eigenvalue weighted by molar-refractivity contribution is 0.252. The Labute approximate surface area is 301 Å². The maximum absolute atomic E-state index is 6.50. The number of benzene rings is 1. The monoisotopic (exact) mass is 666 g/mol. The minimum absolute atomic E-state index is 0.436. The molecule has 1 aliphatic rings. The van der Waals surface area contributed by atoms with E-state index in [0.29, 0.717) is 6.04 Å². The number of amidine groups is 1. The standard InChI is InChI=1S/C45H83N3/c1-3-5-7-9-11-13-15-17-19-21-23-25-27-31-38-48(39-32-28-26-24-22-20-18-16-14-12-10-8-6-4-2)41-42-34-33-35-43(40-42)45(46)47-44-36-29-30-37-44/h33-35,40,44H,3-32,36-39,41H2,1-2H3,(H2,46,47). The Morgan fingerprint density at radius 3 is 1.33 bits per heavy atom. The summed E-state index contributed by atoms with van der Waals surface area (Å²) in [7, 11) is 0. The molecule has 1 fully saturated rings. The number of unbranched alkanes of at least 4 members (excludes halogenated alkanes) is 26. The van der Waals surface area contributed by atoms with Gasteiger partial charge in [-0.25, -0.2) is 0 Å². The molecule has 3 heteroatoms. The zero-order valence-corrected chi connectivity index (χ0v) is 32.6. The Bertz CT molecular complexity index is 826. The van der Waals surface area contributed by atoms with Crippen LogP contribution in [-0.2, 0) is 6.54 Å². The van der Waals surface area contributed by atoms with Gasteiger partial charge in [0, 0.05) is 12.1 Å². The van der Waals surface area contributed by atoms with E-state index in [-0.39, 0.29) is 0 Å². The molecule has 1 saturated carbocycles. The highest BCUT2D eigenvalue weighted by Crippen LogP contribution is 2.22. The highest BCUT2D eigenvalue weighted by molar-refractivity contribution is 5.97. The second kappa shape index (κ2) is 31.6. The van der Waals surface area contributed by atoms with Crippen molar-refractivity contribution in [1.82, 2.24) is 4.90 Å². The topological polar surface area (TPSA) is 41.6 Å². The van der Waals surface area contributed by atoms with Gasteiger partial charge in [-0.2, -0.15) is 0 Å². The van der Waals surface area contributed by atoms with Gasteiger partial charge in [-0.15, -0.1) is 0 Å². The second-order valence-electron chi connectivity index (χ2n) is 15.6. The Hall–Kier alpha value is -1.35. The van der Waals surface area contributed by atoms with Gasteiger partial charge in [0.2, 0.25) is 0 Å². The third kappa shape index (κ3) is 23.9. The van der Waals surface area contributed by atoms with Crippen LogP contribution in [0.4, 0.5) is 0 Å². The van der Waals surface area contributed by atoms with Gasteiger partial charge in [-0.1, -0.05) is 212 Å². The number of nitrogens with two attached hydrogens (primary N) is 1. The summed E-state index contributed by atoms with van der Waals surface area (Å²) in [4.78, 5) is 7.63. The summed E-state index contributed by atoms with van der Waals surface area (Å²) in [5.74, 6) is 0.745. The number of hydrogen-bond donors (Lipinski definition) is 1. The van der Waals surface area contributed by atoms with Crippen LogP contribution in [0.3, 0.4) is 0 Å². The fourth-order valence-corrected chi connectivity index (χ4v) is 7.72. The summed E-state index contributed by atoms with van der Waals surface area (Å²) in [6, 6.07) is 9.40. The molecule has 0 spiro atoms. The van der Waals surface area contributed by atoms with E-state index in [9.17, 15) is 0 Å². The van der Waals surface area contributed by atoms with Crippen molar-refractivity contribution in [2.45, 2.75) is 232 Å². The second-order valence-corrected chi connectivity index (χ2v) is 15.6. The molecule has 0 amide bonds. The highest BCUT2D eigenvalue weighted by Gasteiger charge is 2.15. The third-order valence-corrected chi connectivity index (χ3v) is 10.9. The molecule has 0 unspecified atom stereocenters. The van der Waals surface area contributed by atoms with E-state index in [2.05, 4.69) is 43.0 Å². The van der Waals surface area contributed by atoms with Crippen molar-refractivity contribution in [2.75, 3.05) is 13.1 Å². The lowest BCUT2D eigenvalue weighted by Crippen LogP contribution is -2.26. The van der Waals surface area contributed by atoms with Crippen LogP contribution in [0.15, 0.2) is 29.3 Å². The number of aliphatic imine (C=N–C) groups is 1. The van der Waals surface area contributed by atoms with Gasteiger partial charge < -0.3 is 5.73 Å². The maximum Gasteiger partial charge on any atom is 0.125 e. The summed E-state index contributed by atoms with van der Waals surface area (Å²) in [5, 5.41) is 0. The van der Waals surface area contributed by atoms with E-state index in [1.54, 1.807) is 0 Å². The molecule has 0 saturated heterocycles. The van der Waals surface area contributed by atoms with Gasteiger partial charge >= 0.3 is 0 Å². The Morgan fingerprint density at radius 1 is 0.562 bits per heavy atom. The molecule has 48 heavy (non-hydrogen) atoms. The van der Waals surface area contributed by atoms with Crippen molar-refractivity contribution in [3.05, 3.63) is 35.4 Å². The van der Waals surface area contributed by atoms with Crippen molar-refractivity contribution in [3.63, 3.8) is 0 Å². The third-order valence-electron chi connectivity index (χ3n) is 10.9.